The zero-order valence-corrected chi connectivity index (χ0v) is 18.7. The van der Waals surface area contributed by atoms with Gasteiger partial charge in [0, 0.05) is 17.0 Å². The molecule has 0 saturated carbocycles. The molecular formula is C23H17Cl2NO4S. The summed E-state index contributed by atoms with van der Waals surface area (Å²) in [5, 5.41) is 13.4. The molecule has 1 aliphatic rings. The number of aliphatic hydroxyl groups is 1. The van der Waals surface area contributed by atoms with Crippen LogP contribution >= 0.6 is 34.5 Å². The molecule has 1 aromatic heterocycles. The number of benzene rings is 2. The molecule has 3 aromatic rings. The normalized spacial score (nSPS) is 17.9. The van der Waals surface area contributed by atoms with Gasteiger partial charge in [-0.05, 0) is 47.3 Å². The van der Waals surface area contributed by atoms with Gasteiger partial charge in [0.1, 0.15) is 11.5 Å². The SMILES string of the molecule is COc1cccc(CN2C(=O)C(=O)/C(=C(\O)c3ccc(Cl)c(Cl)c3)C2c2cccs2)c1. The number of methoxy groups -OCH3 is 1. The predicted octanol–water partition coefficient (Wildman–Crippen LogP) is 5.69. The molecule has 2 heterocycles. The van der Waals surface area contributed by atoms with E-state index in [9.17, 15) is 14.7 Å². The highest BCUT2D eigenvalue weighted by atomic mass is 35.5. The Bertz CT molecular complexity index is 1190. The van der Waals surface area contributed by atoms with Gasteiger partial charge in [0.05, 0.1) is 28.8 Å². The highest BCUT2D eigenvalue weighted by molar-refractivity contribution is 7.10. The fourth-order valence-corrected chi connectivity index (χ4v) is 4.70. The number of ether oxygens (including phenoxy) is 1. The summed E-state index contributed by atoms with van der Waals surface area (Å²) in [6.45, 7) is 0.183. The number of carbonyl (C=O) groups is 2. The number of hydrogen-bond donors (Lipinski definition) is 1. The first-order valence-corrected chi connectivity index (χ1v) is 10.9. The van der Waals surface area contributed by atoms with Crippen LogP contribution in [0.5, 0.6) is 5.75 Å². The lowest BCUT2D eigenvalue weighted by Gasteiger charge is -2.24. The smallest absolute Gasteiger partial charge is 0.295 e. The Balaban J connectivity index is 1.82. The van der Waals surface area contributed by atoms with Crippen LogP contribution in [0.1, 0.15) is 22.0 Å². The molecule has 1 atom stereocenters. The Morgan fingerprint density at radius 3 is 2.58 bits per heavy atom. The van der Waals surface area contributed by atoms with Gasteiger partial charge >= 0.3 is 0 Å². The molecule has 4 rings (SSSR count). The van der Waals surface area contributed by atoms with Crippen LogP contribution in [0.25, 0.3) is 5.76 Å². The third kappa shape index (κ3) is 4.06. The Kier molecular flexibility index (Phi) is 6.05. The Morgan fingerprint density at radius 1 is 1.10 bits per heavy atom. The first kappa shape index (κ1) is 21.4. The fraction of sp³-hybridized carbons (Fsp3) is 0.130. The van der Waals surface area contributed by atoms with Crippen molar-refractivity contribution in [3.63, 3.8) is 0 Å². The molecule has 1 unspecified atom stereocenters. The standard InChI is InChI=1S/C23H17Cl2NO4S/c1-30-15-5-2-4-13(10-15)12-26-20(18-6-3-9-31-18)19(22(28)23(26)29)21(27)14-7-8-16(24)17(25)11-14/h2-11,20,27H,12H2,1H3/b21-19-. The number of hydrogen-bond acceptors (Lipinski definition) is 5. The van der Waals surface area contributed by atoms with Crippen molar-refractivity contribution >= 4 is 52.0 Å². The number of amides is 1. The van der Waals surface area contributed by atoms with E-state index in [0.717, 1.165) is 10.4 Å². The minimum absolute atomic E-state index is 0.0220. The third-order valence-corrected chi connectivity index (χ3v) is 6.70. The summed E-state index contributed by atoms with van der Waals surface area (Å²) >= 11 is 13.5. The van der Waals surface area contributed by atoms with Crippen LogP contribution in [-0.2, 0) is 16.1 Å². The van der Waals surface area contributed by atoms with Gasteiger partial charge in [-0.3, -0.25) is 9.59 Å². The molecule has 1 fully saturated rings. The average Bonchev–Trinajstić information content (AvgIpc) is 3.38. The molecule has 31 heavy (non-hydrogen) atoms. The maximum atomic E-state index is 13.0. The highest BCUT2D eigenvalue weighted by Crippen LogP contribution is 2.42. The van der Waals surface area contributed by atoms with E-state index in [2.05, 4.69) is 0 Å². The molecule has 1 saturated heterocycles. The summed E-state index contributed by atoms with van der Waals surface area (Å²) < 4.78 is 5.26. The summed E-state index contributed by atoms with van der Waals surface area (Å²) in [7, 11) is 1.56. The zero-order valence-electron chi connectivity index (χ0n) is 16.3. The van der Waals surface area contributed by atoms with E-state index in [-0.39, 0.29) is 22.9 Å². The lowest BCUT2D eigenvalue weighted by molar-refractivity contribution is -0.140. The molecule has 2 aromatic carbocycles. The van der Waals surface area contributed by atoms with E-state index >= 15 is 0 Å². The maximum Gasteiger partial charge on any atom is 0.295 e. The van der Waals surface area contributed by atoms with Crippen LogP contribution in [-0.4, -0.2) is 28.8 Å². The summed E-state index contributed by atoms with van der Waals surface area (Å²) in [5.41, 5.74) is 1.14. The second-order valence-electron chi connectivity index (χ2n) is 6.92. The fourth-order valence-electron chi connectivity index (χ4n) is 3.55. The Morgan fingerprint density at radius 2 is 1.90 bits per heavy atom. The molecular weight excluding hydrogens is 457 g/mol. The molecule has 1 amide bonds. The molecule has 1 N–H and O–H groups in total. The number of Topliss-reactive ketones (excluding diaryl/α,β-unsaturated/α-hetero) is 1. The minimum atomic E-state index is -0.745. The minimum Gasteiger partial charge on any atom is -0.507 e. The number of aliphatic hydroxyl groups excluding tert-OH is 1. The topological polar surface area (TPSA) is 66.8 Å². The van der Waals surface area contributed by atoms with Gasteiger partial charge in [0.15, 0.2) is 0 Å². The van der Waals surface area contributed by atoms with Crippen molar-refractivity contribution in [3.05, 3.63) is 91.6 Å². The molecule has 0 aliphatic carbocycles. The van der Waals surface area contributed by atoms with Crippen molar-refractivity contribution in [2.24, 2.45) is 0 Å². The van der Waals surface area contributed by atoms with E-state index in [0.29, 0.717) is 16.3 Å². The summed E-state index contributed by atoms with van der Waals surface area (Å²) in [4.78, 5) is 28.2. The number of rotatable bonds is 5. The summed E-state index contributed by atoms with van der Waals surface area (Å²) in [6, 6.07) is 14.8. The number of thiophene rings is 1. The first-order chi connectivity index (χ1) is 14.9. The molecule has 1 aliphatic heterocycles. The van der Waals surface area contributed by atoms with Crippen LogP contribution in [0.2, 0.25) is 10.0 Å². The number of likely N-dealkylation sites (tertiary alicyclic amines) is 1. The Hall–Kier alpha value is -2.80. The van der Waals surface area contributed by atoms with Gasteiger partial charge in [-0.25, -0.2) is 0 Å². The van der Waals surface area contributed by atoms with Crippen LogP contribution in [0.3, 0.4) is 0 Å². The van der Waals surface area contributed by atoms with Crippen molar-refractivity contribution < 1.29 is 19.4 Å². The molecule has 0 radical (unpaired) electrons. The summed E-state index contributed by atoms with van der Waals surface area (Å²) in [6.07, 6.45) is 0. The second-order valence-corrected chi connectivity index (χ2v) is 8.72. The van der Waals surface area contributed by atoms with Crippen LogP contribution in [0.15, 0.2) is 65.6 Å². The van der Waals surface area contributed by atoms with Crippen molar-refractivity contribution in [2.45, 2.75) is 12.6 Å². The quantitative estimate of drug-likeness (QED) is 0.293. The average molecular weight is 474 g/mol. The highest BCUT2D eigenvalue weighted by Gasteiger charge is 2.46. The van der Waals surface area contributed by atoms with Gasteiger partial charge in [-0.1, -0.05) is 41.4 Å². The maximum absolute atomic E-state index is 13.0. The molecule has 5 nitrogen and oxygen atoms in total. The molecule has 8 heteroatoms. The van der Waals surface area contributed by atoms with Crippen molar-refractivity contribution in [3.8, 4) is 5.75 Å². The molecule has 0 bridgehead atoms. The second kappa shape index (κ2) is 8.75. The van der Waals surface area contributed by atoms with Crippen LogP contribution in [0, 0.1) is 0 Å². The van der Waals surface area contributed by atoms with Gasteiger partial charge in [0.25, 0.3) is 11.7 Å². The number of halogens is 2. The van der Waals surface area contributed by atoms with E-state index in [1.165, 1.54) is 28.4 Å². The molecule has 158 valence electrons. The lowest BCUT2D eigenvalue weighted by atomic mass is 9.99. The molecule has 0 spiro atoms. The van der Waals surface area contributed by atoms with Gasteiger partial charge in [0.2, 0.25) is 0 Å². The van der Waals surface area contributed by atoms with Gasteiger partial charge in [-0.2, -0.15) is 0 Å². The van der Waals surface area contributed by atoms with E-state index < -0.39 is 17.7 Å². The predicted molar refractivity (Wildman–Crippen MR) is 122 cm³/mol. The van der Waals surface area contributed by atoms with E-state index in [4.69, 9.17) is 27.9 Å². The summed E-state index contributed by atoms with van der Waals surface area (Å²) in [5.74, 6) is -1.06. The first-order valence-electron chi connectivity index (χ1n) is 9.31. The van der Waals surface area contributed by atoms with Crippen molar-refractivity contribution in [2.75, 3.05) is 7.11 Å². The largest absolute Gasteiger partial charge is 0.507 e. The third-order valence-electron chi connectivity index (χ3n) is 5.03. The van der Waals surface area contributed by atoms with E-state index in [1.807, 2.05) is 35.7 Å². The van der Waals surface area contributed by atoms with Crippen molar-refractivity contribution in [1.29, 1.82) is 0 Å². The Labute approximate surface area is 193 Å². The number of nitrogens with zero attached hydrogens (tertiary/aromatic N) is 1. The van der Waals surface area contributed by atoms with Gasteiger partial charge in [-0.15, -0.1) is 11.3 Å². The lowest BCUT2D eigenvalue weighted by Crippen LogP contribution is -2.28. The number of ketones is 1. The number of carbonyl (C=O) groups excluding carboxylic acids is 2. The van der Waals surface area contributed by atoms with Crippen molar-refractivity contribution in [1.82, 2.24) is 4.90 Å². The van der Waals surface area contributed by atoms with Crippen LogP contribution < -0.4 is 4.74 Å². The van der Waals surface area contributed by atoms with E-state index in [1.54, 1.807) is 19.2 Å². The van der Waals surface area contributed by atoms with Crippen LogP contribution in [0.4, 0.5) is 0 Å². The van der Waals surface area contributed by atoms with Gasteiger partial charge < -0.3 is 14.7 Å². The monoisotopic (exact) mass is 473 g/mol. The zero-order chi connectivity index (χ0) is 22.1.